The zero-order valence-electron chi connectivity index (χ0n) is 9.88. The fourth-order valence-electron chi connectivity index (χ4n) is 2.20. The summed E-state index contributed by atoms with van der Waals surface area (Å²) in [6.07, 6.45) is 4.99. The molecule has 1 unspecified atom stereocenters. The van der Waals surface area contributed by atoms with E-state index in [4.69, 9.17) is 0 Å². The molecule has 0 aliphatic heterocycles. The molecule has 2 heteroatoms. The summed E-state index contributed by atoms with van der Waals surface area (Å²) >= 11 is 0. The van der Waals surface area contributed by atoms with Gasteiger partial charge in [0.05, 0.1) is 0 Å². The fourth-order valence-corrected chi connectivity index (χ4v) is 2.20. The summed E-state index contributed by atoms with van der Waals surface area (Å²) in [4.78, 5) is 0. The second-order valence-electron chi connectivity index (χ2n) is 4.68. The maximum Gasteiger partial charge on any atom is 0.123 e. The molecule has 1 aromatic rings. The first-order chi connectivity index (χ1) is 7.79. The van der Waals surface area contributed by atoms with Gasteiger partial charge in [-0.1, -0.05) is 19.1 Å². The predicted molar refractivity (Wildman–Crippen MR) is 64.9 cm³/mol. The predicted octanol–water partition coefficient (Wildman–Crippen LogP) is 3.15. The molecule has 1 nitrogen and oxygen atoms in total. The van der Waals surface area contributed by atoms with E-state index in [0.717, 1.165) is 18.9 Å². The first kappa shape index (κ1) is 11.6. The lowest BCUT2D eigenvalue weighted by Gasteiger charge is -2.15. The molecule has 1 N–H and O–H groups in total. The van der Waals surface area contributed by atoms with E-state index in [1.54, 1.807) is 0 Å². The molecule has 88 valence electrons. The average Bonchev–Trinajstić information content (AvgIpc) is 3.11. The summed E-state index contributed by atoms with van der Waals surface area (Å²) < 4.78 is 12.7. The summed E-state index contributed by atoms with van der Waals surface area (Å²) in [6.45, 7) is 3.24. The smallest absolute Gasteiger partial charge is 0.123 e. The Kier molecular flexibility index (Phi) is 3.94. The van der Waals surface area contributed by atoms with Gasteiger partial charge in [-0.25, -0.2) is 4.39 Å². The van der Waals surface area contributed by atoms with Crippen molar-refractivity contribution < 1.29 is 4.39 Å². The van der Waals surface area contributed by atoms with Gasteiger partial charge in [0.25, 0.3) is 0 Å². The molecule has 0 radical (unpaired) electrons. The Morgan fingerprint density at radius 2 is 2.00 bits per heavy atom. The van der Waals surface area contributed by atoms with Gasteiger partial charge in [-0.2, -0.15) is 0 Å². The summed E-state index contributed by atoms with van der Waals surface area (Å²) in [7, 11) is 0. The molecule has 1 fully saturated rings. The Bertz CT molecular complexity index is 316. The molecule has 1 saturated carbocycles. The lowest BCUT2D eigenvalue weighted by Crippen LogP contribution is -2.32. The van der Waals surface area contributed by atoms with Crippen LogP contribution in [0.4, 0.5) is 4.39 Å². The fraction of sp³-hybridized carbons (Fsp3) is 0.571. The first-order valence-electron chi connectivity index (χ1n) is 6.27. The Balaban J connectivity index is 1.72. The molecule has 0 saturated heterocycles. The van der Waals surface area contributed by atoms with Crippen LogP contribution >= 0.6 is 0 Å². The Morgan fingerprint density at radius 3 is 2.56 bits per heavy atom. The minimum Gasteiger partial charge on any atom is -0.313 e. The van der Waals surface area contributed by atoms with Gasteiger partial charge in [0.1, 0.15) is 5.82 Å². The number of hydrogen-bond donors (Lipinski definition) is 1. The molecule has 1 aromatic carbocycles. The van der Waals surface area contributed by atoms with E-state index in [2.05, 4.69) is 12.2 Å². The summed E-state index contributed by atoms with van der Waals surface area (Å²) in [5.41, 5.74) is 1.21. The number of rotatable bonds is 6. The zero-order valence-corrected chi connectivity index (χ0v) is 9.88. The molecule has 0 bridgehead atoms. The average molecular weight is 221 g/mol. The zero-order chi connectivity index (χ0) is 11.4. The van der Waals surface area contributed by atoms with E-state index in [9.17, 15) is 4.39 Å². The van der Waals surface area contributed by atoms with Crippen LogP contribution in [0.2, 0.25) is 0 Å². The highest BCUT2D eigenvalue weighted by Gasteiger charge is 2.29. The van der Waals surface area contributed by atoms with Crippen molar-refractivity contribution >= 4 is 0 Å². The van der Waals surface area contributed by atoms with Crippen molar-refractivity contribution in [3.05, 3.63) is 35.6 Å². The van der Waals surface area contributed by atoms with Crippen molar-refractivity contribution in [2.75, 3.05) is 6.54 Å². The van der Waals surface area contributed by atoms with Gasteiger partial charge in [0.15, 0.2) is 0 Å². The molecular formula is C14H20FN. The highest BCUT2D eigenvalue weighted by Crippen LogP contribution is 2.33. The van der Waals surface area contributed by atoms with Crippen molar-refractivity contribution in [2.24, 2.45) is 5.92 Å². The van der Waals surface area contributed by atoms with Gasteiger partial charge >= 0.3 is 0 Å². The van der Waals surface area contributed by atoms with Gasteiger partial charge in [-0.05, 0) is 55.8 Å². The van der Waals surface area contributed by atoms with Gasteiger partial charge in [-0.15, -0.1) is 0 Å². The molecule has 16 heavy (non-hydrogen) atoms. The summed E-state index contributed by atoms with van der Waals surface area (Å²) in [6, 6.07) is 7.51. The third kappa shape index (κ3) is 3.31. The maximum absolute atomic E-state index is 12.7. The van der Waals surface area contributed by atoms with Crippen LogP contribution in [-0.2, 0) is 6.42 Å². The first-order valence-corrected chi connectivity index (χ1v) is 6.27. The van der Waals surface area contributed by atoms with Crippen molar-refractivity contribution in [3.63, 3.8) is 0 Å². The Morgan fingerprint density at radius 1 is 1.31 bits per heavy atom. The van der Waals surface area contributed by atoms with Gasteiger partial charge in [-0.3, -0.25) is 0 Å². The van der Waals surface area contributed by atoms with Crippen LogP contribution in [0.25, 0.3) is 0 Å². The molecule has 0 aromatic heterocycles. The van der Waals surface area contributed by atoms with Gasteiger partial charge < -0.3 is 5.32 Å². The summed E-state index contributed by atoms with van der Waals surface area (Å²) in [5, 5.41) is 3.60. The second-order valence-corrected chi connectivity index (χ2v) is 4.68. The molecule has 1 aliphatic carbocycles. The quantitative estimate of drug-likeness (QED) is 0.778. The van der Waals surface area contributed by atoms with E-state index in [-0.39, 0.29) is 5.82 Å². The maximum atomic E-state index is 12.7. The highest BCUT2D eigenvalue weighted by molar-refractivity contribution is 5.16. The molecule has 1 aliphatic rings. The van der Waals surface area contributed by atoms with Gasteiger partial charge in [0, 0.05) is 6.04 Å². The largest absolute Gasteiger partial charge is 0.313 e. The third-order valence-corrected chi connectivity index (χ3v) is 3.36. The van der Waals surface area contributed by atoms with Crippen LogP contribution in [-0.4, -0.2) is 12.6 Å². The Hall–Kier alpha value is -0.890. The van der Waals surface area contributed by atoms with Gasteiger partial charge in [0.2, 0.25) is 0 Å². The van der Waals surface area contributed by atoms with Crippen LogP contribution in [0.15, 0.2) is 24.3 Å². The normalized spacial score (nSPS) is 17.4. The topological polar surface area (TPSA) is 12.0 Å². The minimum absolute atomic E-state index is 0.152. The lowest BCUT2D eigenvalue weighted by molar-refractivity contribution is 0.453. The highest BCUT2D eigenvalue weighted by atomic mass is 19.1. The minimum atomic E-state index is -0.152. The number of nitrogens with one attached hydrogen (secondary N) is 1. The van der Waals surface area contributed by atoms with Crippen molar-refractivity contribution in [1.29, 1.82) is 0 Å². The molecule has 1 atom stereocenters. The van der Waals surface area contributed by atoms with E-state index in [1.165, 1.54) is 37.0 Å². The SMILES string of the molecule is CCC(NCCc1ccc(F)cc1)C1CC1. The molecule has 2 rings (SSSR count). The van der Waals surface area contributed by atoms with Crippen molar-refractivity contribution in [2.45, 2.75) is 38.6 Å². The van der Waals surface area contributed by atoms with Crippen LogP contribution in [0.1, 0.15) is 31.7 Å². The van der Waals surface area contributed by atoms with Crippen molar-refractivity contribution in [3.8, 4) is 0 Å². The van der Waals surface area contributed by atoms with E-state index in [0.29, 0.717) is 6.04 Å². The standard InChI is InChI=1S/C14H20FN/c1-2-14(12-5-6-12)16-10-9-11-3-7-13(15)8-4-11/h3-4,7-8,12,14,16H,2,5-6,9-10H2,1H3. The number of halogens is 1. The molecular weight excluding hydrogens is 201 g/mol. The molecule has 0 amide bonds. The van der Waals surface area contributed by atoms with Crippen molar-refractivity contribution in [1.82, 2.24) is 5.32 Å². The Labute approximate surface area is 97.1 Å². The van der Waals surface area contributed by atoms with E-state index < -0.39 is 0 Å². The lowest BCUT2D eigenvalue weighted by atomic mass is 10.1. The summed E-state index contributed by atoms with van der Waals surface area (Å²) in [5.74, 6) is 0.763. The monoisotopic (exact) mass is 221 g/mol. The molecule has 0 spiro atoms. The number of hydrogen-bond acceptors (Lipinski definition) is 1. The molecule has 0 heterocycles. The number of benzene rings is 1. The van der Waals surface area contributed by atoms with Crippen LogP contribution < -0.4 is 5.32 Å². The van der Waals surface area contributed by atoms with Crippen LogP contribution in [0, 0.1) is 11.7 Å². The van der Waals surface area contributed by atoms with E-state index in [1.807, 2.05) is 12.1 Å². The van der Waals surface area contributed by atoms with Crippen LogP contribution in [0.3, 0.4) is 0 Å². The second kappa shape index (κ2) is 5.44. The van der Waals surface area contributed by atoms with E-state index >= 15 is 0 Å². The third-order valence-electron chi connectivity index (χ3n) is 3.36. The van der Waals surface area contributed by atoms with Crippen LogP contribution in [0.5, 0.6) is 0 Å².